The van der Waals surface area contributed by atoms with Gasteiger partial charge in [-0.1, -0.05) is 6.07 Å². The lowest BCUT2D eigenvalue weighted by molar-refractivity contribution is -0.323. The fourth-order valence-electron chi connectivity index (χ4n) is 2.87. The van der Waals surface area contributed by atoms with Gasteiger partial charge in [0.25, 0.3) is 5.91 Å². The van der Waals surface area contributed by atoms with Crippen LogP contribution in [0, 0.1) is 0 Å². The van der Waals surface area contributed by atoms with Crippen LogP contribution in [-0.2, 0) is 12.3 Å². The van der Waals surface area contributed by atoms with E-state index in [1.165, 1.54) is 23.3 Å². The number of nitrogens with zero attached hydrogens (tertiary/aromatic N) is 1. The van der Waals surface area contributed by atoms with Gasteiger partial charge >= 0.3 is 12.0 Å². The second-order valence-electron chi connectivity index (χ2n) is 5.85. The lowest BCUT2D eigenvalue weighted by atomic mass is 9.99. The van der Waals surface area contributed by atoms with Gasteiger partial charge in [-0.2, -0.15) is 17.6 Å². The van der Waals surface area contributed by atoms with Gasteiger partial charge in [-0.25, -0.2) is 0 Å². The Morgan fingerprint density at radius 2 is 1.92 bits per heavy atom. The molecule has 8 heteroatoms. The molecule has 0 radical (unpaired) electrons. The van der Waals surface area contributed by atoms with E-state index in [2.05, 4.69) is 0 Å². The van der Waals surface area contributed by atoms with E-state index in [0.717, 1.165) is 12.1 Å². The lowest BCUT2D eigenvalue weighted by Crippen LogP contribution is -2.38. The van der Waals surface area contributed by atoms with Crippen LogP contribution in [0.15, 0.2) is 41.0 Å². The standard InChI is InChI=1S/C17H15F4NO3/c18-16(24,17(19,20)21)12-6-7-13-11(10-12)4-1-2-8-22(13)15(23)14-5-3-9-25-14/h3,5-7,9-10,24H,1-2,4,8H2. The summed E-state index contributed by atoms with van der Waals surface area (Å²) in [7, 11) is 0. The van der Waals surface area contributed by atoms with Crippen LogP contribution in [0.4, 0.5) is 23.2 Å². The molecule has 1 aromatic heterocycles. The van der Waals surface area contributed by atoms with E-state index in [4.69, 9.17) is 4.42 Å². The van der Waals surface area contributed by atoms with E-state index in [1.54, 1.807) is 6.07 Å². The molecule has 1 aromatic carbocycles. The van der Waals surface area contributed by atoms with Gasteiger partial charge in [0.2, 0.25) is 0 Å². The van der Waals surface area contributed by atoms with E-state index in [0.29, 0.717) is 37.1 Å². The molecule has 2 heterocycles. The molecule has 0 spiro atoms. The summed E-state index contributed by atoms with van der Waals surface area (Å²) < 4.78 is 57.1. The topological polar surface area (TPSA) is 53.7 Å². The summed E-state index contributed by atoms with van der Waals surface area (Å²) in [6.45, 7) is 0.366. The van der Waals surface area contributed by atoms with Crippen molar-refractivity contribution in [3.8, 4) is 0 Å². The first-order valence-electron chi connectivity index (χ1n) is 7.68. The van der Waals surface area contributed by atoms with Crippen LogP contribution in [-0.4, -0.2) is 23.7 Å². The summed E-state index contributed by atoms with van der Waals surface area (Å²) in [4.78, 5) is 13.9. The van der Waals surface area contributed by atoms with E-state index in [1.807, 2.05) is 0 Å². The van der Waals surface area contributed by atoms with E-state index in [9.17, 15) is 27.5 Å². The Labute approximate surface area is 140 Å². The summed E-state index contributed by atoms with van der Waals surface area (Å²) in [5.74, 6) is -4.76. The van der Waals surface area contributed by atoms with Gasteiger partial charge in [-0.05, 0) is 49.1 Å². The average molecular weight is 357 g/mol. The van der Waals surface area contributed by atoms with E-state index >= 15 is 0 Å². The Kier molecular flexibility index (Phi) is 4.32. The SMILES string of the molecule is O=C(c1ccco1)N1CCCCc2cc(C(O)(F)C(F)(F)F)ccc21. The lowest BCUT2D eigenvalue weighted by Gasteiger charge is -2.26. The first-order valence-corrected chi connectivity index (χ1v) is 7.68. The third kappa shape index (κ3) is 3.13. The number of fused-ring (bicyclic) bond motifs is 1. The number of benzene rings is 1. The van der Waals surface area contributed by atoms with Gasteiger partial charge < -0.3 is 14.4 Å². The smallest absolute Gasteiger partial charge is 0.453 e. The van der Waals surface area contributed by atoms with Gasteiger partial charge in [-0.3, -0.25) is 4.79 Å². The van der Waals surface area contributed by atoms with Crippen LogP contribution in [0.5, 0.6) is 0 Å². The van der Waals surface area contributed by atoms with Crippen LogP contribution in [0.25, 0.3) is 0 Å². The van der Waals surface area contributed by atoms with Crippen molar-refractivity contribution in [2.75, 3.05) is 11.4 Å². The minimum absolute atomic E-state index is 0.106. The van der Waals surface area contributed by atoms with Crippen molar-refractivity contribution in [2.24, 2.45) is 0 Å². The third-order valence-corrected chi connectivity index (χ3v) is 4.18. The predicted octanol–water partition coefficient (Wildman–Crippen LogP) is 3.94. The second kappa shape index (κ2) is 6.18. The van der Waals surface area contributed by atoms with Gasteiger partial charge in [0.1, 0.15) is 0 Å². The number of aryl methyl sites for hydroxylation is 1. The number of furan rings is 1. The predicted molar refractivity (Wildman–Crippen MR) is 80.8 cm³/mol. The maximum atomic E-state index is 13.8. The molecule has 2 aromatic rings. The summed E-state index contributed by atoms with van der Waals surface area (Å²) >= 11 is 0. The molecule has 25 heavy (non-hydrogen) atoms. The highest BCUT2D eigenvalue weighted by atomic mass is 19.4. The molecule has 1 amide bonds. The van der Waals surface area contributed by atoms with Crippen LogP contribution in [0.1, 0.15) is 34.5 Å². The molecule has 3 rings (SSSR count). The van der Waals surface area contributed by atoms with Crippen molar-refractivity contribution in [1.82, 2.24) is 0 Å². The van der Waals surface area contributed by atoms with Gasteiger partial charge in [0.05, 0.1) is 6.26 Å². The molecule has 1 aliphatic rings. The molecule has 1 atom stereocenters. The number of alkyl halides is 4. The van der Waals surface area contributed by atoms with Crippen LogP contribution in [0.3, 0.4) is 0 Å². The number of hydrogen-bond donors (Lipinski definition) is 1. The number of carbonyl (C=O) groups is 1. The van der Waals surface area contributed by atoms with Gasteiger partial charge in [-0.15, -0.1) is 0 Å². The highest BCUT2D eigenvalue weighted by Crippen LogP contribution is 2.42. The average Bonchev–Trinajstić information content (AvgIpc) is 3.00. The minimum Gasteiger partial charge on any atom is -0.459 e. The molecular formula is C17H15F4NO3. The van der Waals surface area contributed by atoms with Gasteiger partial charge in [0, 0.05) is 17.8 Å². The van der Waals surface area contributed by atoms with E-state index in [-0.39, 0.29) is 5.76 Å². The highest BCUT2D eigenvalue weighted by molar-refractivity contribution is 6.04. The van der Waals surface area contributed by atoms with Crippen LogP contribution < -0.4 is 4.90 Å². The Morgan fingerprint density at radius 3 is 2.56 bits per heavy atom. The number of halogens is 4. The van der Waals surface area contributed by atoms with Crippen molar-refractivity contribution >= 4 is 11.6 Å². The van der Waals surface area contributed by atoms with Crippen molar-refractivity contribution in [1.29, 1.82) is 0 Å². The number of aliphatic hydroxyl groups is 1. The van der Waals surface area contributed by atoms with Crippen molar-refractivity contribution in [3.05, 3.63) is 53.5 Å². The molecule has 1 aliphatic heterocycles. The summed E-state index contributed by atoms with van der Waals surface area (Å²) in [5.41, 5.74) is -0.137. The van der Waals surface area contributed by atoms with Crippen molar-refractivity contribution in [2.45, 2.75) is 31.3 Å². The van der Waals surface area contributed by atoms with Gasteiger partial charge in [0.15, 0.2) is 5.76 Å². The number of carbonyl (C=O) groups excluding carboxylic acids is 1. The molecule has 0 fully saturated rings. The zero-order valence-corrected chi connectivity index (χ0v) is 13.0. The largest absolute Gasteiger partial charge is 0.459 e. The second-order valence-corrected chi connectivity index (χ2v) is 5.85. The quantitative estimate of drug-likeness (QED) is 0.829. The molecular weight excluding hydrogens is 342 g/mol. The highest BCUT2D eigenvalue weighted by Gasteiger charge is 2.56. The monoisotopic (exact) mass is 357 g/mol. The Hall–Kier alpha value is -2.35. The third-order valence-electron chi connectivity index (χ3n) is 4.18. The number of hydrogen-bond acceptors (Lipinski definition) is 3. The molecule has 1 N–H and O–H groups in total. The fraction of sp³-hybridized carbons (Fsp3) is 0.353. The van der Waals surface area contributed by atoms with E-state index < -0.39 is 23.5 Å². The molecule has 4 nitrogen and oxygen atoms in total. The first kappa shape index (κ1) is 17.5. The zero-order chi connectivity index (χ0) is 18.2. The molecule has 1 unspecified atom stereocenters. The maximum Gasteiger partial charge on any atom is 0.453 e. The summed E-state index contributed by atoms with van der Waals surface area (Å²) in [6.07, 6.45) is -2.47. The minimum atomic E-state index is -5.45. The first-order chi connectivity index (χ1) is 11.7. The Morgan fingerprint density at radius 1 is 1.16 bits per heavy atom. The number of rotatable bonds is 2. The van der Waals surface area contributed by atoms with Crippen LogP contribution >= 0.6 is 0 Å². The van der Waals surface area contributed by atoms with Crippen LogP contribution in [0.2, 0.25) is 0 Å². The fourth-order valence-corrected chi connectivity index (χ4v) is 2.87. The molecule has 0 saturated heterocycles. The Bertz CT molecular complexity index is 769. The molecule has 0 aliphatic carbocycles. The maximum absolute atomic E-state index is 13.8. The molecule has 0 bridgehead atoms. The number of amides is 1. The molecule has 134 valence electrons. The Balaban J connectivity index is 2.01. The normalized spacial score (nSPS) is 17.6. The van der Waals surface area contributed by atoms with Crippen molar-refractivity contribution in [3.63, 3.8) is 0 Å². The summed E-state index contributed by atoms with van der Waals surface area (Å²) in [5, 5.41) is 9.23. The zero-order valence-electron chi connectivity index (χ0n) is 13.0. The molecule has 0 saturated carbocycles. The summed E-state index contributed by atoms with van der Waals surface area (Å²) in [6, 6.07) is 6.09. The number of anilines is 1. The van der Waals surface area contributed by atoms with Crippen molar-refractivity contribution < 1.29 is 31.9 Å².